The normalized spacial score (nSPS) is 15.8. The highest BCUT2D eigenvalue weighted by Gasteiger charge is 2.19. The zero-order valence-electron chi connectivity index (χ0n) is 8.14. The van der Waals surface area contributed by atoms with Gasteiger partial charge in [0.25, 0.3) is 0 Å². The van der Waals surface area contributed by atoms with E-state index in [2.05, 4.69) is 0 Å². The van der Waals surface area contributed by atoms with Gasteiger partial charge in [0.1, 0.15) is 0 Å². The molecule has 0 heterocycles. The summed E-state index contributed by atoms with van der Waals surface area (Å²) in [6.07, 6.45) is -0.470. The van der Waals surface area contributed by atoms with Crippen LogP contribution in [0.25, 0.3) is 0 Å². The fraction of sp³-hybridized carbons (Fsp3) is 0.455. The first-order valence-electron chi connectivity index (χ1n) is 4.61. The minimum Gasteiger partial charge on any atom is -0.391 e. The van der Waals surface area contributed by atoms with E-state index in [4.69, 9.17) is 5.73 Å². The molecule has 1 aromatic rings. The molecule has 0 radical (unpaired) electrons. The summed E-state index contributed by atoms with van der Waals surface area (Å²) < 4.78 is 0. The fourth-order valence-corrected chi connectivity index (χ4v) is 1.29. The van der Waals surface area contributed by atoms with Gasteiger partial charge in [-0.1, -0.05) is 44.2 Å². The summed E-state index contributed by atoms with van der Waals surface area (Å²) in [6, 6.07) is 9.41. The first-order valence-corrected chi connectivity index (χ1v) is 4.61. The molecule has 0 spiro atoms. The van der Waals surface area contributed by atoms with Crippen LogP contribution in [0.3, 0.4) is 0 Å². The van der Waals surface area contributed by atoms with Gasteiger partial charge in [0, 0.05) is 0 Å². The third-order valence-electron chi connectivity index (χ3n) is 2.24. The highest BCUT2D eigenvalue weighted by atomic mass is 16.3. The van der Waals surface area contributed by atoms with Crippen LogP contribution < -0.4 is 5.73 Å². The molecular formula is C11H17NO. The Hall–Kier alpha value is -0.860. The number of aliphatic hydroxyl groups is 1. The van der Waals surface area contributed by atoms with Gasteiger partial charge in [0.2, 0.25) is 0 Å². The Kier molecular flexibility index (Phi) is 3.46. The molecule has 0 unspecified atom stereocenters. The third kappa shape index (κ3) is 2.54. The predicted octanol–water partition coefficient (Wildman–Crippen LogP) is 1.70. The van der Waals surface area contributed by atoms with Crippen LogP contribution >= 0.6 is 0 Å². The van der Waals surface area contributed by atoms with Crippen LogP contribution in [0.15, 0.2) is 30.3 Å². The SMILES string of the molecule is CC(C)[C@H](O)[C@@H](N)c1ccccc1. The Balaban J connectivity index is 2.73. The summed E-state index contributed by atoms with van der Waals surface area (Å²) in [4.78, 5) is 0. The molecule has 3 N–H and O–H groups in total. The van der Waals surface area contributed by atoms with E-state index in [1.807, 2.05) is 44.2 Å². The summed E-state index contributed by atoms with van der Waals surface area (Å²) in [5.41, 5.74) is 6.88. The van der Waals surface area contributed by atoms with E-state index in [1.54, 1.807) is 0 Å². The zero-order chi connectivity index (χ0) is 9.84. The highest BCUT2D eigenvalue weighted by Crippen LogP contribution is 2.18. The van der Waals surface area contributed by atoms with Gasteiger partial charge in [0.15, 0.2) is 0 Å². The van der Waals surface area contributed by atoms with Crippen molar-refractivity contribution in [1.82, 2.24) is 0 Å². The molecule has 0 amide bonds. The predicted molar refractivity (Wildman–Crippen MR) is 54.2 cm³/mol. The van der Waals surface area contributed by atoms with E-state index in [0.29, 0.717) is 0 Å². The minimum atomic E-state index is -0.470. The molecule has 0 saturated heterocycles. The molecule has 2 heteroatoms. The Morgan fingerprint density at radius 3 is 2.15 bits per heavy atom. The number of hydrogen-bond donors (Lipinski definition) is 2. The molecule has 0 aliphatic carbocycles. The quantitative estimate of drug-likeness (QED) is 0.742. The molecule has 2 atom stereocenters. The van der Waals surface area contributed by atoms with Crippen molar-refractivity contribution in [2.24, 2.45) is 11.7 Å². The lowest BCUT2D eigenvalue weighted by Gasteiger charge is -2.22. The van der Waals surface area contributed by atoms with Gasteiger partial charge in [-0.2, -0.15) is 0 Å². The van der Waals surface area contributed by atoms with Crippen molar-refractivity contribution < 1.29 is 5.11 Å². The average molecular weight is 179 g/mol. The molecule has 72 valence electrons. The zero-order valence-corrected chi connectivity index (χ0v) is 8.14. The van der Waals surface area contributed by atoms with Crippen LogP contribution in [0.4, 0.5) is 0 Å². The topological polar surface area (TPSA) is 46.2 Å². The lowest BCUT2D eigenvalue weighted by Crippen LogP contribution is -2.30. The van der Waals surface area contributed by atoms with E-state index >= 15 is 0 Å². The Labute approximate surface area is 79.4 Å². The Morgan fingerprint density at radius 1 is 1.15 bits per heavy atom. The lowest BCUT2D eigenvalue weighted by molar-refractivity contribution is 0.0979. The Bertz CT molecular complexity index is 246. The summed E-state index contributed by atoms with van der Waals surface area (Å²) in [5.74, 6) is 0.190. The molecule has 0 fully saturated rings. The van der Waals surface area contributed by atoms with Crippen LogP contribution in [0.2, 0.25) is 0 Å². The van der Waals surface area contributed by atoms with E-state index in [9.17, 15) is 5.11 Å². The molecule has 0 bridgehead atoms. The number of benzene rings is 1. The van der Waals surface area contributed by atoms with Crippen LogP contribution in [0.1, 0.15) is 25.5 Å². The van der Waals surface area contributed by atoms with Crippen LogP contribution in [-0.2, 0) is 0 Å². The second kappa shape index (κ2) is 4.40. The van der Waals surface area contributed by atoms with Crippen molar-refractivity contribution >= 4 is 0 Å². The van der Waals surface area contributed by atoms with E-state index in [1.165, 1.54) is 0 Å². The first kappa shape index (κ1) is 10.2. The van der Waals surface area contributed by atoms with Crippen molar-refractivity contribution in [3.8, 4) is 0 Å². The van der Waals surface area contributed by atoms with Gasteiger partial charge in [-0.05, 0) is 11.5 Å². The Morgan fingerprint density at radius 2 is 1.69 bits per heavy atom. The third-order valence-corrected chi connectivity index (χ3v) is 2.24. The maximum Gasteiger partial charge on any atom is 0.0755 e. The van der Waals surface area contributed by atoms with Gasteiger partial charge in [-0.15, -0.1) is 0 Å². The fourth-order valence-electron chi connectivity index (χ4n) is 1.29. The molecule has 2 nitrogen and oxygen atoms in total. The first-order chi connectivity index (χ1) is 6.13. The van der Waals surface area contributed by atoms with Gasteiger partial charge < -0.3 is 10.8 Å². The molecule has 0 aliphatic rings. The van der Waals surface area contributed by atoms with E-state index in [0.717, 1.165) is 5.56 Å². The van der Waals surface area contributed by atoms with Crippen LogP contribution in [-0.4, -0.2) is 11.2 Å². The molecule has 0 aliphatic heterocycles. The smallest absolute Gasteiger partial charge is 0.0755 e. The van der Waals surface area contributed by atoms with Crippen molar-refractivity contribution in [2.75, 3.05) is 0 Å². The van der Waals surface area contributed by atoms with E-state index < -0.39 is 6.10 Å². The van der Waals surface area contributed by atoms with Crippen LogP contribution in [0.5, 0.6) is 0 Å². The van der Waals surface area contributed by atoms with Crippen molar-refractivity contribution in [1.29, 1.82) is 0 Å². The van der Waals surface area contributed by atoms with Crippen molar-refractivity contribution in [3.05, 3.63) is 35.9 Å². The monoisotopic (exact) mass is 179 g/mol. The van der Waals surface area contributed by atoms with E-state index in [-0.39, 0.29) is 12.0 Å². The molecular weight excluding hydrogens is 162 g/mol. The van der Waals surface area contributed by atoms with Gasteiger partial charge in [-0.3, -0.25) is 0 Å². The van der Waals surface area contributed by atoms with Crippen LogP contribution in [0, 0.1) is 5.92 Å². The van der Waals surface area contributed by atoms with Gasteiger partial charge in [0.05, 0.1) is 12.1 Å². The highest BCUT2D eigenvalue weighted by molar-refractivity contribution is 5.19. The molecule has 0 saturated carbocycles. The maximum atomic E-state index is 9.72. The largest absolute Gasteiger partial charge is 0.391 e. The second-order valence-electron chi connectivity index (χ2n) is 3.67. The summed E-state index contributed by atoms with van der Waals surface area (Å²) in [7, 11) is 0. The van der Waals surface area contributed by atoms with Gasteiger partial charge in [-0.25, -0.2) is 0 Å². The van der Waals surface area contributed by atoms with Crippen molar-refractivity contribution in [3.63, 3.8) is 0 Å². The molecule has 0 aromatic heterocycles. The number of rotatable bonds is 3. The standard InChI is InChI=1S/C11H17NO/c1-8(2)11(13)10(12)9-6-4-3-5-7-9/h3-8,10-11,13H,12H2,1-2H3/t10-,11-/m0/s1. The summed E-state index contributed by atoms with van der Waals surface area (Å²) >= 11 is 0. The minimum absolute atomic E-state index is 0.190. The summed E-state index contributed by atoms with van der Waals surface area (Å²) in [6.45, 7) is 3.93. The van der Waals surface area contributed by atoms with Gasteiger partial charge >= 0.3 is 0 Å². The summed E-state index contributed by atoms with van der Waals surface area (Å²) in [5, 5.41) is 9.72. The number of aliphatic hydroxyl groups excluding tert-OH is 1. The number of nitrogens with two attached hydrogens (primary N) is 1. The lowest BCUT2D eigenvalue weighted by atomic mass is 9.95. The molecule has 13 heavy (non-hydrogen) atoms. The second-order valence-corrected chi connectivity index (χ2v) is 3.67. The van der Waals surface area contributed by atoms with Crippen molar-refractivity contribution in [2.45, 2.75) is 26.0 Å². The average Bonchev–Trinajstić information content (AvgIpc) is 2.17. The molecule has 1 rings (SSSR count). The number of hydrogen-bond acceptors (Lipinski definition) is 2. The molecule has 1 aromatic carbocycles. The maximum absolute atomic E-state index is 9.72.